The van der Waals surface area contributed by atoms with Crippen molar-refractivity contribution in [2.75, 3.05) is 13.2 Å². The Morgan fingerprint density at radius 1 is 1.25 bits per heavy atom. The average Bonchev–Trinajstić information content (AvgIpc) is 2.92. The predicted molar refractivity (Wildman–Crippen MR) is 59.7 cm³/mol. The van der Waals surface area contributed by atoms with E-state index >= 15 is 0 Å². The molecule has 0 radical (unpaired) electrons. The van der Waals surface area contributed by atoms with Gasteiger partial charge in [-0.3, -0.25) is 4.79 Å². The molecule has 2 aliphatic carbocycles. The number of amides is 1. The molecule has 5 atom stereocenters. The topological polar surface area (TPSA) is 64.4 Å². The van der Waals surface area contributed by atoms with Gasteiger partial charge >= 0.3 is 0 Å². The van der Waals surface area contributed by atoms with E-state index in [0.717, 1.165) is 13.0 Å². The van der Waals surface area contributed by atoms with Gasteiger partial charge in [0.25, 0.3) is 0 Å². The maximum atomic E-state index is 12.2. The van der Waals surface area contributed by atoms with Crippen LogP contribution in [0.5, 0.6) is 0 Å². The quantitative estimate of drug-likeness (QED) is 0.707. The SMILES string of the molecule is NC1C2CCC(C2)C1C(=O)NC1CCOC1. The molecule has 4 nitrogen and oxygen atoms in total. The Morgan fingerprint density at radius 3 is 2.69 bits per heavy atom. The van der Waals surface area contributed by atoms with E-state index in [1.54, 1.807) is 0 Å². The molecule has 3 N–H and O–H groups in total. The van der Waals surface area contributed by atoms with Gasteiger partial charge in [-0.25, -0.2) is 0 Å². The van der Waals surface area contributed by atoms with Crippen molar-refractivity contribution >= 4 is 5.91 Å². The largest absolute Gasteiger partial charge is 0.379 e. The van der Waals surface area contributed by atoms with E-state index < -0.39 is 0 Å². The van der Waals surface area contributed by atoms with Gasteiger partial charge in [0, 0.05) is 12.6 Å². The van der Waals surface area contributed by atoms with Crippen LogP contribution in [0.4, 0.5) is 0 Å². The lowest BCUT2D eigenvalue weighted by Crippen LogP contribution is -2.48. The van der Waals surface area contributed by atoms with Crippen LogP contribution >= 0.6 is 0 Å². The van der Waals surface area contributed by atoms with Gasteiger partial charge in [0.1, 0.15) is 0 Å². The molecule has 3 rings (SSSR count). The van der Waals surface area contributed by atoms with Gasteiger partial charge in [-0.2, -0.15) is 0 Å². The first-order valence-electron chi connectivity index (χ1n) is 6.39. The molecular weight excluding hydrogens is 204 g/mol. The van der Waals surface area contributed by atoms with Gasteiger partial charge in [0.15, 0.2) is 0 Å². The lowest BCUT2D eigenvalue weighted by atomic mass is 9.84. The van der Waals surface area contributed by atoms with Gasteiger partial charge in [-0.15, -0.1) is 0 Å². The monoisotopic (exact) mass is 224 g/mol. The van der Waals surface area contributed by atoms with Crippen molar-refractivity contribution in [3.63, 3.8) is 0 Å². The minimum Gasteiger partial charge on any atom is -0.379 e. The number of carbonyl (C=O) groups excluding carboxylic acids is 1. The highest BCUT2D eigenvalue weighted by Gasteiger charge is 2.49. The molecule has 2 bridgehead atoms. The fraction of sp³-hybridized carbons (Fsp3) is 0.917. The van der Waals surface area contributed by atoms with Crippen molar-refractivity contribution in [2.24, 2.45) is 23.5 Å². The van der Waals surface area contributed by atoms with E-state index in [4.69, 9.17) is 10.5 Å². The van der Waals surface area contributed by atoms with E-state index in [2.05, 4.69) is 5.32 Å². The van der Waals surface area contributed by atoms with Crippen LogP contribution in [-0.2, 0) is 9.53 Å². The van der Waals surface area contributed by atoms with Crippen LogP contribution in [0.25, 0.3) is 0 Å². The Bertz CT molecular complexity index is 287. The zero-order valence-electron chi connectivity index (χ0n) is 9.52. The molecule has 16 heavy (non-hydrogen) atoms. The Balaban J connectivity index is 1.61. The number of ether oxygens (including phenoxy) is 1. The maximum absolute atomic E-state index is 12.2. The first kappa shape index (κ1) is 10.5. The smallest absolute Gasteiger partial charge is 0.225 e. The highest BCUT2D eigenvalue weighted by molar-refractivity contribution is 5.80. The molecule has 4 heteroatoms. The number of rotatable bonds is 2. The van der Waals surface area contributed by atoms with Crippen molar-refractivity contribution in [1.82, 2.24) is 5.32 Å². The van der Waals surface area contributed by atoms with Crippen LogP contribution in [0.1, 0.15) is 25.7 Å². The number of fused-ring (bicyclic) bond motifs is 2. The summed E-state index contributed by atoms with van der Waals surface area (Å²) >= 11 is 0. The predicted octanol–water partition coefficient (Wildman–Crippen LogP) is 0.265. The van der Waals surface area contributed by atoms with Gasteiger partial charge in [0.05, 0.1) is 18.6 Å². The Morgan fingerprint density at radius 2 is 2.06 bits per heavy atom. The summed E-state index contributed by atoms with van der Waals surface area (Å²) in [4.78, 5) is 12.2. The van der Waals surface area contributed by atoms with E-state index in [1.165, 1.54) is 19.3 Å². The molecule has 1 saturated heterocycles. The third-order valence-corrected chi connectivity index (χ3v) is 4.56. The summed E-state index contributed by atoms with van der Waals surface area (Å²) in [5.41, 5.74) is 6.15. The van der Waals surface area contributed by atoms with E-state index in [-0.39, 0.29) is 23.9 Å². The van der Waals surface area contributed by atoms with Crippen LogP contribution in [0, 0.1) is 17.8 Å². The standard InChI is InChI=1S/C12H20N2O2/c13-11-8-2-1-7(5-8)10(11)12(15)14-9-3-4-16-6-9/h7-11H,1-6,13H2,(H,14,15). The zero-order chi connectivity index (χ0) is 11.1. The average molecular weight is 224 g/mol. The number of hydrogen-bond acceptors (Lipinski definition) is 3. The fourth-order valence-corrected chi connectivity index (χ4v) is 3.67. The van der Waals surface area contributed by atoms with E-state index in [9.17, 15) is 4.79 Å². The molecular formula is C12H20N2O2. The molecule has 3 fully saturated rings. The van der Waals surface area contributed by atoms with Crippen LogP contribution in [0.15, 0.2) is 0 Å². The number of nitrogens with two attached hydrogens (primary N) is 1. The van der Waals surface area contributed by atoms with Crippen molar-refractivity contribution < 1.29 is 9.53 Å². The van der Waals surface area contributed by atoms with Crippen LogP contribution in [0.3, 0.4) is 0 Å². The molecule has 90 valence electrons. The second-order valence-corrected chi connectivity index (χ2v) is 5.51. The summed E-state index contributed by atoms with van der Waals surface area (Å²) < 4.78 is 5.26. The second kappa shape index (κ2) is 4.00. The molecule has 1 aliphatic heterocycles. The fourth-order valence-electron chi connectivity index (χ4n) is 3.67. The summed E-state index contributed by atoms with van der Waals surface area (Å²) in [7, 11) is 0. The molecule has 1 amide bonds. The molecule has 0 aromatic rings. The Hall–Kier alpha value is -0.610. The van der Waals surface area contributed by atoms with Crippen LogP contribution < -0.4 is 11.1 Å². The first-order chi connectivity index (χ1) is 7.75. The Kier molecular flexibility index (Phi) is 2.64. The van der Waals surface area contributed by atoms with Crippen LogP contribution in [-0.4, -0.2) is 31.2 Å². The van der Waals surface area contributed by atoms with Gasteiger partial charge in [-0.05, 0) is 37.5 Å². The third kappa shape index (κ3) is 1.64. The third-order valence-electron chi connectivity index (χ3n) is 4.56. The second-order valence-electron chi connectivity index (χ2n) is 5.51. The van der Waals surface area contributed by atoms with Gasteiger partial charge in [-0.1, -0.05) is 0 Å². The van der Waals surface area contributed by atoms with Crippen molar-refractivity contribution in [3.05, 3.63) is 0 Å². The summed E-state index contributed by atoms with van der Waals surface area (Å²) in [6, 6.07) is 0.319. The first-order valence-corrected chi connectivity index (χ1v) is 6.39. The Labute approximate surface area is 95.9 Å². The normalized spacial score (nSPS) is 46.2. The van der Waals surface area contributed by atoms with E-state index in [1.807, 2.05) is 0 Å². The maximum Gasteiger partial charge on any atom is 0.225 e. The molecule has 1 heterocycles. The van der Waals surface area contributed by atoms with Gasteiger partial charge in [0.2, 0.25) is 5.91 Å². The highest BCUT2D eigenvalue weighted by atomic mass is 16.5. The molecule has 2 saturated carbocycles. The number of carbonyl (C=O) groups is 1. The number of nitrogens with one attached hydrogen (secondary N) is 1. The van der Waals surface area contributed by atoms with Gasteiger partial charge < -0.3 is 15.8 Å². The molecule has 5 unspecified atom stereocenters. The number of hydrogen-bond donors (Lipinski definition) is 2. The molecule has 3 aliphatic rings. The molecule has 0 aromatic heterocycles. The molecule has 0 spiro atoms. The molecule has 0 aromatic carbocycles. The van der Waals surface area contributed by atoms with E-state index in [0.29, 0.717) is 18.4 Å². The summed E-state index contributed by atoms with van der Waals surface area (Å²) in [6.07, 6.45) is 4.53. The minimum atomic E-state index is 0.0688. The highest BCUT2D eigenvalue weighted by Crippen LogP contribution is 2.47. The lowest BCUT2D eigenvalue weighted by molar-refractivity contribution is -0.127. The summed E-state index contributed by atoms with van der Waals surface area (Å²) in [5, 5.41) is 3.09. The van der Waals surface area contributed by atoms with Crippen molar-refractivity contribution in [2.45, 2.75) is 37.8 Å². The minimum absolute atomic E-state index is 0.0688. The lowest BCUT2D eigenvalue weighted by Gasteiger charge is -2.28. The summed E-state index contributed by atoms with van der Waals surface area (Å²) in [5.74, 6) is 1.39. The van der Waals surface area contributed by atoms with Crippen molar-refractivity contribution in [3.8, 4) is 0 Å². The summed E-state index contributed by atoms with van der Waals surface area (Å²) in [6.45, 7) is 1.44. The van der Waals surface area contributed by atoms with Crippen LogP contribution in [0.2, 0.25) is 0 Å². The van der Waals surface area contributed by atoms with Crippen molar-refractivity contribution in [1.29, 1.82) is 0 Å². The zero-order valence-corrected chi connectivity index (χ0v) is 9.52.